The zero-order valence-electron chi connectivity index (χ0n) is 13.3. The summed E-state index contributed by atoms with van der Waals surface area (Å²) in [5, 5.41) is 6.10. The molecule has 2 amide bonds. The van der Waals surface area contributed by atoms with Crippen LogP contribution in [0.3, 0.4) is 0 Å². The summed E-state index contributed by atoms with van der Waals surface area (Å²) in [7, 11) is 0. The number of ether oxygens (including phenoxy) is 1. The zero-order valence-corrected chi connectivity index (χ0v) is 13.3. The number of carbonyl (C=O) groups excluding carboxylic acids is 1. The van der Waals surface area contributed by atoms with Crippen LogP contribution in [0.25, 0.3) is 0 Å². The van der Waals surface area contributed by atoms with E-state index in [0.29, 0.717) is 5.92 Å². The van der Waals surface area contributed by atoms with E-state index >= 15 is 0 Å². The molecule has 2 aliphatic rings. The molecule has 2 N–H and O–H groups in total. The second-order valence-corrected chi connectivity index (χ2v) is 6.24. The average Bonchev–Trinajstić information content (AvgIpc) is 2.52. The van der Waals surface area contributed by atoms with Gasteiger partial charge in [-0.25, -0.2) is 4.79 Å². The van der Waals surface area contributed by atoms with Gasteiger partial charge < -0.3 is 20.3 Å². The van der Waals surface area contributed by atoms with Gasteiger partial charge in [0.2, 0.25) is 0 Å². The number of urea groups is 1. The van der Waals surface area contributed by atoms with Crippen LogP contribution in [-0.4, -0.2) is 48.2 Å². The molecule has 24 heavy (non-hydrogen) atoms. The molecule has 1 aromatic carbocycles. The van der Waals surface area contributed by atoms with Gasteiger partial charge in [-0.3, -0.25) is 4.98 Å². The number of likely N-dealkylation sites (tertiary alicyclic amines) is 1. The van der Waals surface area contributed by atoms with Gasteiger partial charge in [0.1, 0.15) is 11.9 Å². The molecule has 0 bridgehead atoms. The monoisotopic (exact) mass is 324 g/mol. The number of hydrogen-bond acceptors (Lipinski definition) is 4. The highest BCUT2D eigenvalue weighted by molar-refractivity contribution is 5.90. The van der Waals surface area contributed by atoms with Crippen LogP contribution in [0.5, 0.6) is 5.75 Å². The van der Waals surface area contributed by atoms with Gasteiger partial charge in [-0.1, -0.05) is 6.07 Å². The molecule has 2 aliphatic heterocycles. The van der Waals surface area contributed by atoms with Crippen LogP contribution >= 0.6 is 0 Å². The lowest BCUT2D eigenvalue weighted by molar-refractivity contribution is 0.142. The van der Waals surface area contributed by atoms with Crippen LogP contribution in [-0.2, 0) is 0 Å². The Morgan fingerprint density at radius 1 is 1.21 bits per heavy atom. The summed E-state index contributed by atoms with van der Waals surface area (Å²) in [5.41, 5.74) is 1.97. The first-order valence-electron chi connectivity index (χ1n) is 8.21. The minimum Gasteiger partial charge on any atom is -0.488 e. The summed E-state index contributed by atoms with van der Waals surface area (Å²) in [6.07, 6.45) is 3.90. The summed E-state index contributed by atoms with van der Waals surface area (Å²) < 4.78 is 5.76. The molecule has 2 fully saturated rings. The van der Waals surface area contributed by atoms with Crippen LogP contribution < -0.4 is 15.4 Å². The highest BCUT2D eigenvalue weighted by atomic mass is 16.5. The van der Waals surface area contributed by atoms with E-state index in [1.807, 2.05) is 41.4 Å². The second-order valence-electron chi connectivity index (χ2n) is 6.24. The lowest BCUT2D eigenvalue weighted by Crippen LogP contribution is -2.50. The summed E-state index contributed by atoms with van der Waals surface area (Å²) in [5.74, 6) is 1.22. The molecule has 6 nitrogen and oxygen atoms in total. The first-order valence-corrected chi connectivity index (χ1v) is 8.21. The Balaban J connectivity index is 1.27. The molecule has 0 unspecified atom stereocenters. The van der Waals surface area contributed by atoms with Crippen LogP contribution in [0, 0.1) is 0 Å². The van der Waals surface area contributed by atoms with Gasteiger partial charge in [0.15, 0.2) is 0 Å². The predicted molar refractivity (Wildman–Crippen MR) is 91.3 cm³/mol. The van der Waals surface area contributed by atoms with Gasteiger partial charge in [-0.2, -0.15) is 0 Å². The third kappa shape index (κ3) is 3.19. The number of nitrogens with zero attached hydrogens (tertiary/aromatic N) is 2. The summed E-state index contributed by atoms with van der Waals surface area (Å²) >= 11 is 0. The minimum absolute atomic E-state index is 0.0630. The summed E-state index contributed by atoms with van der Waals surface area (Å²) in [6.45, 7) is 3.25. The Kier molecular flexibility index (Phi) is 4.04. The molecule has 124 valence electrons. The van der Waals surface area contributed by atoms with Crippen molar-refractivity contribution < 1.29 is 9.53 Å². The number of anilines is 1. The van der Waals surface area contributed by atoms with Gasteiger partial charge >= 0.3 is 6.03 Å². The van der Waals surface area contributed by atoms with Crippen LogP contribution in [0.2, 0.25) is 0 Å². The lowest BCUT2D eigenvalue weighted by Gasteiger charge is -2.39. The normalized spacial score (nSPS) is 17.8. The van der Waals surface area contributed by atoms with Gasteiger partial charge in [0.25, 0.3) is 0 Å². The van der Waals surface area contributed by atoms with Gasteiger partial charge in [0, 0.05) is 50.2 Å². The standard InChI is InChI=1S/C18H20N4O2/c23-18(22-11-14(12-22)13-2-1-7-19-8-13)21-15-3-5-16(6-4-15)24-17-9-20-10-17/h1-8,14,17,20H,9-12H2,(H,21,23). The van der Waals surface area contributed by atoms with Gasteiger partial charge in [-0.15, -0.1) is 0 Å². The third-order valence-corrected chi connectivity index (χ3v) is 4.48. The molecule has 0 spiro atoms. The number of hydrogen-bond donors (Lipinski definition) is 2. The van der Waals surface area contributed by atoms with Crippen LogP contribution in [0.15, 0.2) is 48.8 Å². The van der Waals surface area contributed by atoms with Gasteiger partial charge in [0.05, 0.1) is 0 Å². The van der Waals surface area contributed by atoms with Crippen molar-refractivity contribution >= 4 is 11.7 Å². The first kappa shape index (κ1) is 15.0. The number of pyridine rings is 1. The maximum atomic E-state index is 12.2. The van der Waals surface area contributed by atoms with Crippen molar-refractivity contribution in [1.29, 1.82) is 0 Å². The Morgan fingerprint density at radius 2 is 2.00 bits per heavy atom. The molecule has 3 heterocycles. The van der Waals surface area contributed by atoms with Crippen molar-refractivity contribution in [2.45, 2.75) is 12.0 Å². The Morgan fingerprint density at radius 3 is 2.62 bits per heavy atom. The Bertz CT molecular complexity index is 695. The highest BCUT2D eigenvalue weighted by Gasteiger charge is 2.31. The number of rotatable bonds is 4. The van der Waals surface area contributed by atoms with Gasteiger partial charge in [-0.05, 0) is 35.9 Å². The molecule has 0 atom stereocenters. The predicted octanol–water partition coefficient (Wildman–Crippen LogP) is 2.06. The van der Waals surface area contributed by atoms with E-state index in [0.717, 1.165) is 37.6 Å². The molecule has 6 heteroatoms. The van der Waals surface area contributed by atoms with E-state index in [1.54, 1.807) is 6.20 Å². The van der Waals surface area contributed by atoms with Crippen molar-refractivity contribution in [3.63, 3.8) is 0 Å². The summed E-state index contributed by atoms with van der Waals surface area (Å²) in [6, 6.07) is 11.5. The van der Waals surface area contributed by atoms with E-state index in [1.165, 1.54) is 5.56 Å². The van der Waals surface area contributed by atoms with E-state index in [2.05, 4.69) is 21.7 Å². The zero-order chi connectivity index (χ0) is 16.4. The average molecular weight is 324 g/mol. The molecule has 2 saturated heterocycles. The van der Waals surface area contributed by atoms with E-state index in [-0.39, 0.29) is 12.1 Å². The van der Waals surface area contributed by atoms with E-state index < -0.39 is 0 Å². The van der Waals surface area contributed by atoms with Crippen molar-refractivity contribution in [3.8, 4) is 5.75 Å². The number of carbonyl (C=O) groups is 1. The minimum atomic E-state index is -0.0630. The molecule has 2 aromatic rings. The molecule has 4 rings (SSSR count). The van der Waals surface area contributed by atoms with E-state index in [9.17, 15) is 4.79 Å². The fourth-order valence-electron chi connectivity index (χ4n) is 2.83. The Labute approximate surface area is 140 Å². The topological polar surface area (TPSA) is 66.5 Å². The lowest BCUT2D eigenvalue weighted by atomic mass is 9.93. The summed E-state index contributed by atoms with van der Waals surface area (Å²) in [4.78, 5) is 18.2. The largest absolute Gasteiger partial charge is 0.488 e. The number of amides is 2. The maximum absolute atomic E-state index is 12.2. The quantitative estimate of drug-likeness (QED) is 0.903. The van der Waals surface area contributed by atoms with E-state index in [4.69, 9.17) is 4.74 Å². The van der Waals surface area contributed by atoms with Crippen molar-refractivity contribution in [2.75, 3.05) is 31.5 Å². The highest BCUT2D eigenvalue weighted by Crippen LogP contribution is 2.27. The molecule has 1 aromatic heterocycles. The first-order chi connectivity index (χ1) is 11.8. The van der Waals surface area contributed by atoms with Crippen molar-refractivity contribution in [1.82, 2.24) is 15.2 Å². The fourth-order valence-corrected chi connectivity index (χ4v) is 2.83. The van der Waals surface area contributed by atoms with Crippen molar-refractivity contribution in [3.05, 3.63) is 54.4 Å². The number of nitrogens with one attached hydrogen (secondary N) is 2. The van der Waals surface area contributed by atoms with Crippen LogP contribution in [0.1, 0.15) is 11.5 Å². The fraction of sp³-hybridized carbons (Fsp3) is 0.333. The molecular weight excluding hydrogens is 304 g/mol. The second kappa shape index (κ2) is 6.49. The SMILES string of the molecule is O=C(Nc1ccc(OC2CNC2)cc1)N1CC(c2cccnc2)C1. The van der Waals surface area contributed by atoms with Crippen LogP contribution in [0.4, 0.5) is 10.5 Å². The number of benzene rings is 1. The number of aromatic nitrogens is 1. The third-order valence-electron chi connectivity index (χ3n) is 4.48. The molecule has 0 radical (unpaired) electrons. The van der Waals surface area contributed by atoms with Crippen molar-refractivity contribution in [2.24, 2.45) is 0 Å². The molecule has 0 aliphatic carbocycles. The molecule has 0 saturated carbocycles. The molecular formula is C18H20N4O2. The Hall–Kier alpha value is -2.60. The maximum Gasteiger partial charge on any atom is 0.321 e. The smallest absolute Gasteiger partial charge is 0.321 e.